The maximum atomic E-state index is 13.2. The Balaban J connectivity index is 1.99. The van der Waals surface area contributed by atoms with E-state index in [2.05, 4.69) is 0 Å². The van der Waals surface area contributed by atoms with Crippen molar-refractivity contribution in [1.82, 2.24) is 4.90 Å². The van der Waals surface area contributed by atoms with Crippen LogP contribution < -0.4 is 4.74 Å². The summed E-state index contributed by atoms with van der Waals surface area (Å²) < 4.78 is 5.88. The number of hydrogen-bond acceptors (Lipinski definition) is 6. The van der Waals surface area contributed by atoms with Gasteiger partial charge in [0, 0.05) is 24.5 Å². The molecule has 144 valence electrons. The number of likely N-dealkylation sites (tertiary alicyclic amines) is 1. The molecule has 0 N–H and O–H groups in total. The Kier molecular flexibility index (Phi) is 5.21. The highest BCUT2D eigenvalue weighted by Gasteiger charge is 2.42. The number of ether oxygens (including phenoxy) is 1. The van der Waals surface area contributed by atoms with E-state index in [4.69, 9.17) is 4.74 Å². The van der Waals surface area contributed by atoms with Gasteiger partial charge in [-0.15, -0.1) is 0 Å². The zero-order valence-electron chi connectivity index (χ0n) is 15.2. The fraction of sp³-hybridized carbons (Fsp3) is 0.250. The zero-order valence-corrected chi connectivity index (χ0v) is 15.2. The predicted octanol–water partition coefficient (Wildman–Crippen LogP) is 2.61. The number of imide groups is 1. The number of nitrogens with zero attached hydrogens (tertiary/aromatic N) is 2. The molecule has 28 heavy (non-hydrogen) atoms. The minimum atomic E-state index is -1.63. The van der Waals surface area contributed by atoms with Crippen molar-refractivity contribution in [2.45, 2.75) is 25.4 Å². The summed E-state index contributed by atoms with van der Waals surface area (Å²) in [6.07, 6.45) is 0.137. The van der Waals surface area contributed by atoms with Gasteiger partial charge in [-0.2, -0.15) is 0 Å². The molecule has 2 aromatic rings. The number of hydrogen-bond donors (Lipinski definition) is 0. The second-order valence-corrected chi connectivity index (χ2v) is 6.52. The van der Waals surface area contributed by atoms with Crippen LogP contribution in [0.1, 0.15) is 25.3 Å². The third kappa shape index (κ3) is 3.62. The lowest BCUT2D eigenvalue weighted by Gasteiger charge is -2.31. The quantitative estimate of drug-likeness (QED) is 0.414. The number of benzene rings is 2. The molecule has 0 bridgehead atoms. The molecule has 0 spiro atoms. The molecule has 0 aromatic heterocycles. The molecular weight excluding hydrogens is 364 g/mol. The highest BCUT2D eigenvalue weighted by atomic mass is 16.6. The summed E-state index contributed by atoms with van der Waals surface area (Å²) in [7, 11) is 0. The average Bonchev–Trinajstić information content (AvgIpc) is 3.00. The molecule has 1 saturated heterocycles. The van der Waals surface area contributed by atoms with Gasteiger partial charge in [0.2, 0.25) is 11.8 Å². The summed E-state index contributed by atoms with van der Waals surface area (Å²) in [5.41, 5.74) is -1.46. The fourth-order valence-electron chi connectivity index (χ4n) is 3.04. The van der Waals surface area contributed by atoms with Gasteiger partial charge in [-0.25, -0.2) is 0 Å². The van der Waals surface area contributed by atoms with Crippen LogP contribution in [0.3, 0.4) is 0 Å². The molecule has 1 aliphatic rings. The molecule has 1 unspecified atom stereocenters. The average molecular weight is 382 g/mol. The van der Waals surface area contributed by atoms with Crippen molar-refractivity contribution in [3.63, 3.8) is 0 Å². The molecule has 8 heteroatoms. The number of nitro benzene ring substituents is 1. The van der Waals surface area contributed by atoms with Gasteiger partial charge in [0.15, 0.2) is 17.1 Å². The Hall–Kier alpha value is -3.55. The maximum absolute atomic E-state index is 13.2. The van der Waals surface area contributed by atoms with Crippen LogP contribution in [0.5, 0.6) is 5.75 Å². The molecule has 3 rings (SSSR count). The number of carbonyl (C=O) groups is 3. The van der Waals surface area contributed by atoms with Crippen molar-refractivity contribution in [1.29, 1.82) is 0 Å². The van der Waals surface area contributed by atoms with E-state index in [1.807, 2.05) is 0 Å². The summed E-state index contributed by atoms with van der Waals surface area (Å²) in [6, 6.07) is 14.2. The molecule has 2 amide bonds. The molecule has 8 nitrogen and oxygen atoms in total. The summed E-state index contributed by atoms with van der Waals surface area (Å²) in [6.45, 7) is 1.02. The number of ketones is 1. The first-order valence-corrected chi connectivity index (χ1v) is 8.67. The second kappa shape index (κ2) is 7.59. The highest BCUT2D eigenvalue weighted by molar-refractivity contribution is 6.06. The first-order chi connectivity index (χ1) is 13.3. The van der Waals surface area contributed by atoms with E-state index >= 15 is 0 Å². The molecule has 1 heterocycles. The van der Waals surface area contributed by atoms with E-state index in [1.165, 1.54) is 25.1 Å². The molecule has 0 saturated carbocycles. The van der Waals surface area contributed by atoms with Crippen LogP contribution in [0.2, 0.25) is 0 Å². The smallest absolute Gasteiger partial charge is 0.310 e. The van der Waals surface area contributed by atoms with Gasteiger partial charge in [-0.05, 0) is 13.0 Å². The molecular formula is C20H18N2O6. The first-order valence-electron chi connectivity index (χ1n) is 8.67. The number of Topliss-reactive ketones (excluding diaryl/α,β-unsaturated/α-hetero) is 1. The van der Waals surface area contributed by atoms with Crippen LogP contribution >= 0.6 is 0 Å². The molecule has 2 aromatic carbocycles. The second-order valence-electron chi connectivity index (χ2n) is 6.52. The largest absolute Gasteiger partial charge is 0.468 e. The molecule has 1 atom stereocenters. The third-order valence-corrected chi connectivity index (χ3v) is 4.69. The lowest BCUT2D eigenvalue weighted by atomic mass is 9.90. The Labute approximate surface area is 160 Å². The van der Waals surface area contributed by atoms with E-state index in [-0.39, 0.29) is 24.3 Å². The number of carbonyl (C=O) groups excluding carboxylic acids is 3. The van der Waals surface area contributed by atoms with E-state index in [1.54, 1.807) is 36.4 Å². The van der Waals surface area contributed by atoms with Crippen molar-refractivity contribution in [3.05, 3.63) is 70.3 Å². The van der Waals surface area contributed by atoms with Gasteiger partial charge in [0.1, 0.15) is 0 Å². The summed E-state index contributed by atoms with van der Waals surface area (Å²) in [4.78, 5) is 48.6. The van der Waals surface area contributed by atoms with Crippen molar-refractivity contribution >= 4 is 23.3 Å². The van der Waals surface area contributed by atoms with Crippen molar-refractivity contribution in [3.8, 4) is 5.75 Å². The Bertz CT molecular complexity index is 927. The standard InChI is InChI=1S/C20H18N2O6/c1-20(14-7-3-2-4-8-14,17(23)13-21-18(24)11-12-19(21)25)28-16-10-6-5-9-15(16)22(26)27/h2-10H,11-13H2,1H3. The van der Waals surface area contributed by atoms with Crippen LogP contribution in [0.25, 0.3) is 0 Å². The van der Waals surface area contributed by atoms with Crippen molar-refractivity contribution in [2.24, 2.45) is 0 Å². The summed E-state index contributed by atoms with van der Waals surface area (Å²) in [5.74, 6) is -1.47. The predicted molar refractivity (Wildman–Crippen MR) is 98.5 cm³/mol. The topological polar surface area (TPSA) is 107 Å². The van der Waals surface area contributed by atoms with Gasteiger partial charge < -0.3 is 4.74 Å². The van der Waals surface area contributed by atoms with Crippen LogP contribution in [-0.4, -0.2) is 34.0 Å². The summed E-state index contributed by atoms with van der Waals surface area (Å²) in [5, 5.41) is 11.3. The monoisotopic (exact) mass is 382 g/mol. The van der Waals surface area contributed by atoms with E-state index < -0.39 is 34.7 Å². The van der Waals surface area contributed by atoms with Crippen LogP contribution in [0.4, 0.5) is 5.69 Å². The molecule has 0 aliphatic carbocycles. The normalized spacial score (nSPS) is 16.0. The Morgan fingerprint density at radius 3 is 2.25 bits per heavy atom. The van der Waals surface area contributed by atoms with E-state index in [0.717, 1.165) is 4.90 Å². The molecule has 1 aliphatic heterocycles. The van der Waals surface area contributed by atoms with Crippen molar-refractivity contribution in [2.75, 3.05) is 6.54 Å². The minimum Gasteiger partial charge on any atom is -0.468 e. The molecule has 1 fully saturated rings. The van der Waals surface area contributed by atoms with Crippen LogP contribution in [0, 0.1) is 10.1 Å². The van der Waals surface area contributed by atoms with E-state index in [0.29, 0.717) is 5.56 Å². The number of rotatable bonds is 7. The maximum Gasteiger partial charge on any atom is 0.310 e. The number of amides is 2. The van der Waals surface area contributed by atoms with Gasteiger partial charge in [0.25, 0.3) is 0 Å². The van der Waals surface area contributed by atoms with Gasteiger partial charge in [-0.1, -0.05) is 42.5 Å². The SMILES string of the molecule is CC(Oc1ccccc1[N+](=O)[O-])(C(=O)CN1C(=O)CCC1=O)c1ccccc1. The van der Waals surface area contributed by atoms with Gasteiger partial charge >= 0.3 is 5.69 Å². The lowest BCUT2D eigenvalue weighted by Crippen LogP contribution is -2.46. The Morgan fingerprint density at radius 2 is 1.64 bits per heavy atom. The van der Waals surface area contributed by atoms with Crippen LogP contribution in [0.15, 0.2) is 54.6 Å². The number of para-hydroxylation sites is 2. The summed E-state index contributed by atoms with van der Waals surface area (Å²) >= 11 is 0. The fourth-order valence-corrected chi connectivity index (χ4v) is 3.04. The first kappa shape index (κ1) is 19.2. The lowest BCUT2D eigenvalue weighted by molar-refractivity contribution is -0.386. The molecule has 0 radical (unpaired) electrons. The van der Waals surface area contributed by atoms with E-state index in [9.17, 15) is 24.5 Å². The van der Waals surface area contributed by atoms with Gasteiger partial charge in [0.05, 0.1) is 11.5 Å². The third-order valence-electron chi connectivity index (χ3n) is 4.69. The minimum absolute atomic E-state index is 0.0686. The zero-order chi connectivity index (χ0) is 20.3. The van der Waals surface area contributed by atoms with Gasteiger partial charge in [-0.3, -0.25) is 29.4 Å². The van der Waals surface area contributed by atoms with Crippen molar-refractivity contribution < 1.29 is 24.0 Å². The Morgan fingerprint density at radius 1 is 1.07 bits per heavy atom. The number of nitro groups is 1. The van der Waals surface area contributed by atoms with Crippen LogP contribution in [-0.2, 0) is 20.0 Å². The highest BCUT2D eigenvalue weighted by Crippen LogP contribution is 2.35.